The van der Waals surface area contributed by atoms with E-state index < -0.39 is 11.5 Å². The SMILES string of the molecule is CC(C)(C)C(=O)N[C@H](COCc1ccccc1)c1nnnn1CCC(=O)NCCc1ccccc1. The van der Waals surface area contributed by atoms with Crippen LogP contribution in [0.25, 0.3) is 0 Å². The van der Waals surface area contributed by atoms with Crippen molar-refractivity contribution in [3.8, 4) is 0 Å². The molecule has 1 heterocycles. The minimum Gasteiger partial charge on any atom is -0.374 e. The highest BCUT2D eigenvalue weighted by molar-refractivity contribution is 5.81. The van der Waals surface area contributed by atoms with Gasteiger partial charge in [-0.25, -0.2) is 4.68 Å². The predicted octanol–water partition coefficient (Wildman–Crippen LogP) is 2.84. The number of ether oxygens (including phenoxy) is 1. The molecule has 0 radical (unpaired) electrons. The molecule has 35 heavy (non-hydrogen) atoms. The van der Waals surface area contributed by atoms with Crippen LogP contribution in [0.5, 0.6) is 0 Å². The normalized spacial score (nSPS) is 12.2. The number of hydrogen-bond acceptors (Lipinski definition) is 6. The second-order valence-corrected chi connectivity index (χ2v) is 9.37. The van der Waals surface area contributed by atoms with Gasteiger partial charge >= 0.3 is 0 Å². The predicted molar refractivity (Wildman–Crippen MR) is 132 cm³/mol. The molecule has 0 fully saturated rings. The summed E-state index contributed by atoms with van der Waals surface area (Å²) in [4.78, 5) is 25.1. The Labute approximate surface area is 206 Å². The van der Waals surface area contributed by atoms with Crippen molar-refractivity contribution >= 4 is 11.8 Å². The van der Waals surface area contributed by atoms with Gasteiger partial charge in [-0.05, 0) is 28.0 Å². The van der Waals surface area contributed by atoms with Crippen molar-refractivity contribution in [2.24, 2.45) is 5.41 Å². The summed E-state index contributed by atoms with van der Waals surface area (Å²) in [5.74, 6) is 0.227. The fourth-order valence-electron chi connectivity index (χ4n) is 3.33. The number of aromatic nitrogens is 4. The van der Waals surface area contributed by atoms with E-state index in [2.05, 4.69) is 26.2 Å². The molecular formula is C26H34N6O3. The largest absolute Gasteiger partial charge is 0.374 e. The number of nitrogens with zero attached hydrogens (tertiary/aromatic N) is 4. The summed E-state index contributed by atoms with van der Waals surface area (Å²) in [7, 11) is 0. The van der Waals surface area contributed by atoms with E-state index in [1.54, 1.807) is 4.68 Å². The van der Waals surface area contributed by atoms with Crippen molar-refractivity contribution in [3.05, 3.63) is 77.6 Å². The minimum absolute atomic E-state index is 0.0852. The number of aryl methyl sites for hydroxylation is 1. The molecule has 9 nitrogen and oxygen atoms in total. The summed E-state index contributed by atoms with van der Waals surface area (Å²) in [5, 5.41) is 17.9. The smallest absolute Gasteiger partial charge is 0.226 e. The molecule has 0 spiro atoms. The lowest BCUT2D eigenvalue weighted by molar-refractivity contribution is -0.130. The van der Waals surface area contributed by atoms with Crippen molar-refractivity contribution in [1.29, 1.82) is 0 Å². The maximum absolute atomic E-state index is 12.7. The van der Waals surface area contributed by atoms with Crippen LogP contribution < -0.4 is 10.6 Å². The molecular weight excluding hydrogens is 444 g/mol. The van der Waals surface area contributed by atoms with E-state index in [9.17, 15) is 9.59 Å². The van der Waals surface area contributed by atoms with Gasteiger partial charge in [0.05, 0.1) is 19.8 Å². The van der Waals surface area contributed by atoms with E-state index >= 15 is 0 Å². The van der Waals surface area contributed by atoms with Crippen LogP contribution in [0.4, 0.5) is 0 Å². The zero-order chi connectivity index (χ0) is 25.1. The molecule has 9 heteroatoms. The Balaban J connectivity index is 1.57. The average molecular weight is 479 g/mol. The van der Waals surface area contributed by atoms with Crippen LogP contribution in [0.1, 0.15) is 50.2 Å². The first-order valence-corrected chi connectivity index (χ1v) is 11.8. The van der Waals surface area contributed by atoms with Gasteiger partial charge in [0.1, 0.15) is 6.04 Å². The van der Waals surface area contributed by atoms with Gasteiger partial charge in [-0.3, -0.25) is 9.59 Å². The molecule has 3 aromatic rings. The maximum Gasteiger partial charge on any atom is 0.226 e. The Hall–Kier alpha value is -3.59. The quantitative estimate of drug-likeness (QED) is 0.414. The Morgan fingerprint density at radius 1 is 1.00 bits per heavy atom. The molecule has 2 N–H and O–H groups in total. The number of tetrazole rings is 1. The van der Waals surface area contributed by atoms with Gasteiger partial charge < -0.3 is 15.4 Å². The van der Waals surface area contributed by atoms with E-state index in [0.717, 1.165) is 12.0 Å². The number of amides is 2. The highest BCUT2D eigenvalue weighted by Crippen LogP contribution is 2.18. The molecule has 0 aliphatic heterocycles. The van der Waals surface area contributed by atoms with Crippen molar-refractivity contribution in [2.75, 3.05) is 13.2 Å². The number of rotatable bonds is 12. The number of nitrogens with one attached hydrogen (secondary N) is 2. The third-order valence-electron chi connectivity index (χ3n) is 5.38. The lowest BCUT2D eigenvalue weighted by Crippen LogP contribution is -2.40. The van der Waals surface area contributed by atoms with E-state index in [4.69, 9.17) is 4.74 Å². The van der Waals surface area contributed by atoms with Crippen LogP contribution in [0, 0.1) is 5.41 Å². The van der Waals surface area contributed by atoms with Crippen LogP contribution in [-0.4, -0.2) is 45.2 Å². The summed E-state index contributed by atoms with van der Waals surface area (Å²) in [6.07, 6.45) is 0.986. The summed E-state index contributed by atoms with van der Waals surface area (Å²) < 4.78 is 7.44. The molecule has 0 saturated carbocycles. The van der Waals surface area contributed by atoms with Crippen LogP contribution in [0.3, 0.4) is 0 Å². The van der Waals surface area contributed by atoms with Gasteiger partial charge in [0.15, 0.2) is 5.82 Å². The highest BCUT2D eigenvalue weighted by atomic mass is 16.5. The summed E-state index contributed by atoms with van der Waals surface area (Å²) in [6.45, 7) is 6.96. The van der Waals surface area contributed by atoms with Gasteiger partial charge in [0.25, 0.3) is 0 Å². The molecule has 0 saturated heterocycles. The molecule has 186 valence electrons. The van der Waals surface area contributed by atoms with E-state index in [-0.39, 0.29) is 24.8 Å². The molecule has 0 aliphatic rings. The van der Waals surface area contributed by atoms with Crippen molar-refractivity contribution in [2.45, 2.75) is 52.8 Å². The fourth-order valence-corrected chi connectivity index (χ4v) is 3.33. The third kappa shape index (κ3) is 8.60. The molecule has 1 atom stereocenters. The molecule has 2 aromatic carbocycles. The highest BCUT2D eigenvalue weighted by Gasteiger charge is 2.28. The second-order valence-electron chi connectivity index (χ2n) is 9.37. The molecule has 2 amide bonds. The molecule has 0 bridgehead atoms. The summed E-state index contributed by atoms with van der Waals surface area (Å²) >= 11 is 0. The molecule has 3 rings (SSSR count). The van der Waals surface area contributed by atoms with Gasteiger partial charge in [0, 0.05) is 18.4 Å². The number of hydrogen-bond donors (Lipinski definition) is 2. The Bertz CT molecular complexity index is 1060. The molecule has 0 aliphatic carbocycles. The second kappa shape index (κ2) is 12.8. The lowest BCUT2D eigenvalue weighted by atomic mass is 9.95. The van der Waals surface area contributed by atoms with Crippen molar-refractivity contribution < 1.29 is 14.3 Å². The molecule has 0 unspecified atom stereocenters. The van der Waals surface area contributed by atoms with Crippen molar-refractivity contribution in [3.63, 3.8) is 0 Å². The van der Waals surface area contributed by atoms with Gasteiger partial charge in [-0.2, -0.15) is 0 Å². The average Bonchev–Trinajstić information content (AvgIpc) is 3.31. The zero-order valence-corrected chi connectivity index (χ0v) is 20.6. The third-order valence-corrected chi connectivity index (χ3v) is 5.38. The van der Waals surface area contributed by atoms with E-state index in [1.807, 2.05) is 81.4 Å². The van der Waals surface area contributed by atoms with Crippen LogP contribution in [0.15, 0.2) is 60.7 Å². The monoisotopic (exact) mass is 478 g/mol. The topological polar surface area (TPSA) is 111 Å². The van der Waals surface area contributed by atoms with Gasteiger partial charge in [-0.15, -0.1) is 5.10 Å². The first kappa shape index (κ1) is 26.0. The van der Waals surface area contributed by atoms with Gasteiger partial charge in [0.2, 0.25) is 11.8 Å². The fraction of sp³-hybridized carbons (Fsp3) is 0.423. The Morgan fingerprint density at radius 2 is 1.66 bits per heavy atom. The minimum atomic E-state index is -0.589. The van der Waals surface area contributed by atoms with Crippen LogP contribution in [-0.2, 0) is 33.9 Å². The van der Waals surface area contributed by atoms with Crippen molar-refractivity contribution in [1.82, 2.24) is 30.8 Å². The lowest BCUT2D eigenvalue weighted by Gasteiger charge is -2.24. The number of carbonyl (C=O) groups is 2. The van der Waals surface area contributed by atoms with Crippen LogP contribution in [0.2, 0.25) is 0 Å². The first-order valence-electron chi connectivity index (χ1n) is 11.8. The first-order chi connectivity index (χ1) is 16.8. The summed E-state index contributed by atoms with van der Waals surface area (Å²) in [5.41, 5.74) is 1.61. The summed E-state index contributed by atoms with van der Waals surface area (Å²) in [6, 6.07) is 19.2. The zero-order valence-electron chi connectivity index (χ0n) is 20.6. The Morgan fingerprint density at radius 3 is 2.31 bits per heavy atom. The van der Waals surface area contributed by atoms with Gasteiger partial charge in [-0.1, -0.05) is 81.4 Å². The van der Waals surface area contributed by atoms with E-state index in [0.29, 0.717) is 25.5 Å². The standard InChI is InChI=1S/C26H34N6O3/c1-26(2,3)25(34)28-22(19-35-18-21-12-8-5-9-13-21)24-29-30-31-32(24)17-15-23(33)27-16-14-20-10-6-4-7-11-20/h4-13,22H,14-19H2,1-3H3,(H,27,33)(H,28,34)/t22-/m1/s1. The van der Waals surface area contributed by atoms with Crippen LogP contribution >= 0.6 is 0 Å². The Kier molecular flexibility index (Phi) is 9.48. The number of benzene rings is 2. The maximum atomic E-state index is 12.7. The number of carbonyl (C=O) groups excluding carboxylic acids is 2. The van der Waals surface area contributed by atoms with E-state index in [1.165, 1.54) is 5.56 Å². The molecule has 1 aromatic heterocycles.